The number of hydrogen-bond acceptors (Lipinski definition) is 5. The Morgan fingerprint density at radius 3 is 2.39 bits per heavy atom. The first-order valence-electron chi connectivity index (χ1n) is 5.06. The second-order valence-electron chi connectivity index (χ2n) is 3.67. The molecule has 0 radical (unpaired) electrons. The van der Waals surface area contributed by atoms with Gasteiger partial charge in [-0.15, -0.1) is 5.10 Å². The standard InChI is InChI=1S/C10H12N4O2S2/c1-14(2)18(15,16)9-5-3-8(4-6-9)17-10-7-11-13-12-10/h3-7H,1-2H3,(H,11,12,13). The van der Waals surface area contributed by atoms with E-state index in [0.29, 0.717) is 0 Å². The molecule has 2 aromatic rings. The lowest BCUT2D eigenvalue weighted by atomic mass is 10.4. The summed E-state index contributed by atoms with van der Waals surface area (Å²) in [5.41, 5.74) is 0. The molecule has 0 bridgehead atoms. The number of nitrogens with zero attached hydrogens (tertiary/aromatic N) is 3. The third kappa shape index (κ3) is 2.71. The van der Waals surface area contributed by atoms with Crippen molar-refractivity contribution in [3.63, 3.8) is 0 Å². The summed E-state index contributed by atoms with van der Waals surface area (Å²) in [6, 6.07) is 6.65. The predicted molar refractivity (Wildman–Crippen MR) is 67.8 cm³/mol. The highest BCUT2D eigenvalue weighted by Crippen LogP contribution is 2.26. The molecule has 0 aliphatic carbocycles. The Bertz CT molecular complexity index is 606. The molecule has 0 aliphatic rings. The van der Waals surface area contributed by atoms with Crippen molar-refractivity contribution in [3.8, 4) is 0 Å². The smallest absolute Gasteiger partial charge is 0.207 e. The van der Waals surface area contributed by atoms with E-state index in [1.807, 2.05) is 0 Å². The van der Waals surface area contributed by atoms with Crippen LogP contribution in [0, 0.1) is 0 Å². The molecule has 1 heterocycles. The Morgan fingerprint density at radius 2 is 1.89 bits per heavy atom. The van der Waals surface area contributed by atoms with Gasteiger partial charge in [0.25, 0.3) is 0 Å². The van der Waals surface area contributed by atoms with Crippen molar-refractivity contribution in [2.45, 2.75) is 14.8 Å². The van der Waals surface area contributed by atoms with Crippen molar-refractivity contribution < 1.29 is 8.42 Å². The Labute approximate surface area is 109 Å². The summed E-state index contributed by atoms with van der Waals surface area (Å²) >= 11 is 1.41. The summed E-state index contributed by atoms with van der Waals surface area (Å²) in [4.78, 5) is 1.18. The first-order chi connectivity index (χ1) is 8.50. The number of sulfonamides is 1. The third-order valence-electron chi connectivity index (χ3n) is 2.22. The van der Waals surface area contributed by atoms with Gasteiger partial charge < -0.3 is 0 Å². The number of benzene rings is 1. The number of H-pyrrole nitrogens is 1. The number of nitrogens with one attached hydrogen (secondary N) is 1. The zero-order valence-electron chi connectivity index (χ0n) is 9.86. The highest BCUT2D eigenvalue weighted by Gasteiger charge is 2.16. The average Bonchev–Trinajstić information content (AvgIpc) is 2.82. The number of hydrogen-bond donors (Lipinski definition) is 1. The van der Waals surface area contributed by atoms with Gasteiger partial charge in [-0.25, -0.2) is 12.7 Å². The molecule has 0 amide bonds. The molecule has 0 spiro atoms. The number of aromatic amines is 1. The van der Waals surface area contributed by atoms with E-state index < -0.39 is 10.0 Å². The van der Waals surface area contributed by atoms with Gasteiger partial charge in [0.15, 0.2) is 0 Å². The SMILES string of the molecule is CN(C)S(=O)(=O)c1ccc(Sc2cn[nH]n2)cc1. The van der Waals surface area contributed by atoms with Crippen LogP contribution in [0.15, 0.2) is 45.3 Å². The van der Waals surface area contributed by atoms with Gasteiger partial charge in [0.1, 0.15) is 5.03 Å². The van der Waals surface area contributed by atoms with Crippen molar-refractivity contribution >= 4 is 21.8 Å². The molecule has 0 unspecified atom stereocenters. The van der Waals surface area contributed by atoms with E-state index in [2.05, 4.69) is 15.4 Å². The lowest BCUT2D eigenvalue weighted by Gasteiger charge is -2.11. The second kappa shape index (κ2) is 5.09. The van der Waals surface area contributed by atoms with Crippen LogP contribution in [0.1, 0.15) is 0 Å². The molecule has 0 aliphatic heterocycles. The molecule has 6 nitrogen and oxygen atoms in total. The van der Waals surface area contributed by atoms with Crippen molar-refractivity contribution in [2.75, 3.05) is 14.1 Å². The van der Waals surface area contributed by atoms with Gasteiger partial charge in [-0.2, -0.15) is 10.3 Å². The maximum absolute atomic E-state index is 11.9. The quantitative estimate of drug-likeness (QED) is 0.913. The average molecular weight is 284 g/mol. The first-order valence-corrected chi connectivity index (χ1v) is 7.32. The summed E-state index contributed by atoms with van der Waals surface area (Å²) in [7, 11) is -0.351. The fourth-order valence-electron chi connectivity index (χ4n) is 1.25. The molecule has 0 atom stereocenters. The normalized spacial score (nSPS) is 11.9. The Hall–Kier alpha value is -1.38. The van der Waals surface area contributed by atoms with Crippen molar-refractivity contribution in [1.82, 2.24) is 19.7 Å². The molecule has 0 saturated carbocycles. The van der Waals surface area contributed by atoms with E-state index >= 15 is 0 Å². The molecule has 0 fully saturated rings. The van der Waals surface area contributed by atoms with Gasteiger partial charge in [-0.05, 0) is 24.3 Å². The molecular formula is C10H12N4O2S2. The van der Waals surface area contributed by atoms with Crippen molar-refractivity contribution in [3.05, 3.63) is 30.5 Å². The van der Waals surface area contributed by atoms with Gasteiger partial charge in [0.2, 0.25) is 10.0 Å². The molecule has 0 saturated heterocycles. The Kier molecular flexibility index (Phi) is 3.69. The van der Waals surface area contributed by atoms with Crippen LogP contribution in [0.3, 0.4) is 0 Å². The highest BCUT2D eigenvalue weighted by atomic mass is 32.2. The largest absolute Gasteiger partial charge is 0.242 e. The first kappa shape index (κ1) is 13.1. The van der Waals surface area contributed by atoms with Gasteiger partial charge in [-0.1, -0.05) is 11.8 Å². The van der Waals surface area contributed by atoms with E-state index in [-0.39, 0.29) is 4.90 Å². The van der Waals surface area contributed by atoms with Gasteiger partial charge in [0, 0.05) is 19.0 Å². The van der Waals surface area contributed by atoms with Crippen LogP contribution < -0.4 is 0 Å². The zero-order valence-corrected chi connectivity index (χ0v) is 11.5. The molecule has 1 aromatic carbocycles. The maximum Gasteiger partial charge on any atom is 0.242 e. The van der Waals surface area contributed by atoms with E-state index in [1.165, 1.54) is 30.2 Å². The summed E-state index contributed by atoms with van der Waals surface area (Å²) in [6.07, 6.45) is 1.61. The van der Waals surface area contributed by atoms with E-state index in [1.54, 1.807) is 30.5 Å². The zero-order chi connectivity index (χ0) is 13.2. The minimum atomic E-state index is -3.37. The minimum absolute atomic E-state index is 0.275. The summed E-state index contributed by atoms with van der Waals surface area (Å²) in [6.45, 7) is 0. The van der Waals surface area contributed by atoms with Crippen LogP contribution in [0.2, 0.25) is 0 Å². The van der Waals surface area contributed by atoms with Gasteiger partial charge in [-0.3, -0.25) is 0 Å². The Morgan fingerprint density at radius 1 is 1.22 bits per heavy atom. The number of rotatable bonds is 4. The maximum atomic E-state index is 11.9. The molecule has 1 aromatic heterocycles. The number of aromatic nitrogens is 3. The second-order valence-corrected chi connectivity index (χ2v) is 6.91. The van der Waals surface area contributed by atoms with Crippen LogP contribution in [0.5, 0.6) is 0 Å². The van der Waals surface area contributed by atoms with Crippen molar-refractivity contribution in [2.24, 2.45) is 0 Å². The van der Waals surface area contributed by atoms with Crippen LogP contribution >= 0.6 is 11.8 Å². The molecule has 1 N–H and O–H groups in total. The fourth-order valence-corrected chi connectivity index (χ4v) is 2.86. The molecule has 8 heteroatoms. The van der Waals surface area contributed by atoms with Crippen LogP contribution in [-0.4, -0.2) is 42.2 Å². The molecule has 2 rings (SSSR count). The molecular weight excluding hydrogens is 272 g/mol. The van der Waals surface area contributed by atoms with E-state index in [4.69, 9.17) is 0 Å². The molecule has 96 valence electrons. The predicted octanol–water partition coefficient (Wildman–Crippen LogP) is 1.21. The summed E-state index contributed by atoms with van der Waals surface area (Å²) in [5, 5.41) is 10.9. The van der Waals surface area contributed by atoms with Gasteiger partial charge >= 0.3 is 0 Å². The Balaban J connectivity index is 2.21. The topological polar surface area (TPSA) is 79.0 Å². The van der Waals surface area contributed by atoms with Crippen LogP contribution in [0.4, 0.5) is 0 Å². The lowest BCUT2D eigenvalue weighted by Crippen LogP contribution is -2.22. The fraction of sp³-hybridized carbons (Fsp3) is 0.200. The van der Waals surface area contributed by atoms with E-state index in [0.717, 1.165) is 9.92 Å². The lowest BCUT2D eigenvalue weighted by molar-refractivity contribution is 0.520. The van der Waals surface area contributed by atoms with Crippen molar-refractivity contribution in [1.29, 1.82) is 0 Å². The van der Waals surface area contributed by atoms with Gasteiger partial charge in [0.05, 0.1) is 11.1 Å². The summed E-state index contributed by atoms with van der Waals surface area (Å²) in [5.74, 6) is 0. The van der Waals surface area contributed by atoms with Crippen LogP contribution in [0.25, 0.3) is 0 Å². The third-order valence-corrected chi connectivity index (χ3v) is 4.96. The summed E-state index contributed by atoms with van der Waals surface area (Å²) < 4.78 is 24.9. The highest BCUT2D eigenvalue weighted by molar-refractivity contribution is 7.99. The minimum Gasteiger partial charge on any atom is -0.207 e. The van der Waals surface area contributed by atoms with Crippen LogP contribution in [-0.2, 0) is 10.0 Å². The monoisotopic (exact) mass is 284 g/mol. The molecule has 18 heavy (non-hydrogen) atoms. The van der Waals surface area contributed by atoms with E-state index in [9.17, 15) is 8.42 Å².